The van der Waals surface area contributed by atoms with Crippen LogP contribution in [0.2, 0.25) is 37.8 Å². The summed E-state index contributed by atoms with van der Waals surface area (Å²) in [5.74, 6) is 0.371. The zero-order valence-electron chi connectivity index (χ0n) is 20.4. The second kappa shape index (κ2) is 10.2. The number of hydrogen-bond acceptors (Lipinski definition) is 2. The van der Waals surface area contributed by atoms with Crippen LogP contribution in [0.3, 0.4) is 0 Å². The summed E-state index contributed by atoms with van der Waals surface area (Å²) in [6.45, 7) is 24.9. The van der Waals surface area contributed by atoms with E-state index < -0.39 is 16.4 Å². The fourth-order valence-corrected chi connectivity index (χ4v) is 11.4. The van der Waals surface area contributed by atoms with E-state index in [1.165, 1.54) is 47.3 Å². The zero-order valence-corrected chi connectivity index (χ0v) is 22.4. The Morgan fingerprint density at radius 3 is 2.00 bits per heavy atom. The molecule has 1 aliphatic rings. The van der Waals surface area contributed by atoms with E-state index in [-0.39, 0.29) is 11.7 Å². The molecule has 3 atom stereocenters. The van der Waals surface area contributed by atoms with Gasteiger partial charge in [-0.25, -0.2) is 0 Å². The Morgan fingerprint density at radius 2 is 1.61 bits per heavy atom. The molecule has 0 saturated heterocycles. The van der Waals surface area contributed by atoms with E-state index in [0.717, 1.165) is 19.3 Å². The minimum absolute atomic E-state index is 0.236. The summed E-state index contributed by atoms with van der Waals surface area (Å²) in [6.07, 6.45) is 5.15. The molecule has 1 rings (SSSR count). The predicted molar refractivity (Wildman–Crippen MR) is 130 cm³/mol. The molecular formula is C24H48O2Si2. The van der Waals surface area contributed by atoms with Crippen molar-refractivity contribution < 1.29 is 9.53 Å². The molecule has 2 nitrogen and oxygen atoms in total. The molecule has 164 valence electrons. The SMILES string of the molecule is C=C(C)[C@@]1(O[Si](CC)(CC)CC)CCCC[C@@H]1CC(O)C(=C(C)C)[Si](C)(C)C. The Bertz CT molecular complexity index is 545. The van der Waals surface area contributed by atoms with E-state index in [1.54, 1.807) is 0 Å². The third kappa shape index (κ3) is 5.71. The van der Waals surface area contributed by atoms with Crippen molar-refractivity contribution in [1.82, 2.24) is 0 Å². The molecule has 0 aromatic carbocycles. The normalized spacial score (nSPS) is 24.7. The first-order valence-corrected chi connectivity index (χ1v) is 17.6. The minimum Gasteiger partial charge on any atom is -0.407 e. The smallest absolute Gasteiger partial charge is 0.193 e. The third-order valence-electron chi connectivity index (χ3n) is 7.25. The van der Waals surface area contributed by atoms with Crippen molar-refractivity contribution >= 4 is 16.4 Å². The molecule has 1 saturated carbocycles. The van der Waals surface area contributed by atoms with Crippen LogP contribution in [0.4, 0.5) is 0 Å². The molecule has 0 spiro atoms. The quantitative estimate of drug-likeness (QED) is 0.291. The van der Waals surface area contributed by atoms with E-state index in [9.17, 15) is 5.11 Å². The summed E-state index contributed by atoms with van der Waals surface area (Å²) in [7, 11) is -3.33. The molecule has 0 bridgehead atoms. The van der Waals surface area contributed by atoms with Gasteiger partial charge in [-0.3, -0.25) is 0 Å². The van der Waals surface area contributed by atoms with Gasteiger partial charge < -0.3 is 9.53 Å². The van der Waals surface area contributed by atoms with E-state index >= 15 is 0 Å². The van der Waals surface area contributed by atoms with Gasteiger partial charge in [0, 0.05) is 0 Å². The highest BCUT2D eigenvalue weighted by molar-refractivity contribution is 6.83. The van der Waals surface area contributed by atoms with Crippen LogP contribution in [0.1, 0.15) is 73.6 Å². The Labute approximate surface area is 178 Å². The Morgan fingerprint density at radius 1 is 1.07 bits per heavy atom. The molecule has 0 aromatic heterocycles. The second-order valence-electron chi connectivity index (χ2n) is 10.4. The highest BCUT2D eigenvalue weighted by Gasteiger charge is 2.48. The van der Waals surface area contributed by atoms with Gasteiger partial charge in [-0.2, -0.15) is 0 Å². The van der Waals surface area contributed by atoms with Gasteiger partial charge in [-0.05, 0) is 69.7 Å². The molecule has 1 aliphatic carbocycles. The summed E-state index contributed by atoms with van der Waals surface area (Å²) in [6, 6.07) is 3.50. The van der Waals surface area contributed by atoms with Crippen molar-refractivity contribution in [2.75, 3.05) is 0 Å². The van der Waals surface area contributed by atoms with E-state index in [0.29, 0.717) is 5.92 Å². The largest absolute Gasteiger partial charge is 0.407 e. The van der Waals surface area contributed by atoms with Crippen LogP contribution < -0.4 is 0 Å². The van der Waals surface area contributed by atoms with Gasteiger partial charge >= 0.3 is 0 Å². The topological polar surface area (TPSA) is 29.5 Å². The number of aliphatic hydroxyl groups excluding tert-OH is 1. The molecule has 0 amide bonds. The molecule has 0 radical (unpaired) electrons. The number of hydrogen-bond donors (Lipinski definition) is 1. The summed E-state index contributed by atoms with van der Waals surface area (Å²) in [5.41, 5.74) is 2.26. The highest BCUT2D eigenvalue weighted by atomic mass is 28.4. The minimum atomic E-state index is -1.76. The Hall–Kier alpha value is -0.166. The summed E-state index contributed by atoms with van der Waals surface area (Å²) < 4.78 is 7.24. The number of allylic oxidation sites excluding steroid dienone is 1. The Kier molecular flexibility index (Phi) is 9.45. The lowest BCUT2D eigenvalue weighted by molar-refractivity contribution is -0.0184. The zero-order chi connectivity index (χ0) is 21.8. The van der Waals surface area contributed by atoms with E-state index in [2.05, 4.69) is 67.8 Å². The van der Waals surface area contributed by atoms with Crippen LogP contribution in [0.5, 0.6) is 0 Å². The van der Waals surface area contributed by atoms with Crippen molar-refractivity contribution in [1.29, 1.82) is 0 Å². The van der Waals surface area contributed by atoms with Crippen LogP contribution in [0, 0.1) is 5.92 Å². The fourth-order valence-electron chi connectivity index (χ4n) is 5.63. The molecule has 0 aromatic rings. The van der Waals surface area contributed by atoms with Gasteiger partial charge in [-0.15, -0.1) is 0 Å². The molecule has 1 unspecified atom stereocenters. The average Bonchev–Trinajstić information content (AvgIpc) is 2.59. The second-order valence-corrected chi connectivity index (χ2v) is 20.1. The predicted octanol–water partition coefficient (Wildman–Crippen LogP) is 7.48. The molecule has 28 heavy (non-hydrogen) atoms. The number of aliphatic hydroxyl groups is 1. The van der Waals surface area contributed by atoms with E-state index in [1.807, 2.05) is 0 Å². The van der Waals surface area contributed by atoms with Gasteiger partial charge in [0.15, 0.2) is 8.32 Å². The fraction of sp³-hybridized carbons (Fsp3) is 0.833. The lowest BCUT2D eigenvalue weighted by Gasteiger charge is -2.51. The first-order chi connectivity index (χ1) is 12.9. The summed E-state index contributed by atoms with van der Waals surface area (Å²) in [5, 5.41) is 12.7. The first kappa shape index (κ1) is 25.9. The summed E-state index contributed by atoms with van der Waals surface area (Å²) >= 11 is 0. The highest BCUT2D eigenvalue weighted by Crippen LogP contribution is 2.47. The van der Waals surface area contributed by atoms with Crippen LogP contribution >= 0.6 is 0 Å². The molecule has 1 N–H and O–H groups in total. The van der Waals surface area contributed by atoms with Crippen molar-refractivity contribution in [2.24, 2.45) is 5.92 Å². The molecule has 1 fully saturated rings. The maximum atomic E-state index is 11.4. The van der Waals surface area contributed by atoms with Gasteiger partial charge in [0.25, 0.3) is 0 Å². The number of rotatable bonds is 10. The van der Waals surface area contributed by atoms with Crippen molar-refractivity contribution in [3.05, 3.63) is 22.9 Å². The van der Waals surface area contributed by atoms with Gasteiger partial charge in [0.2, 0.25) is 0 Å². The lowest BCUT2D eigenvalue weighted by atomic mass is 9.69. The van der Waals surface area contributed by atoms with Crippen LogP contribution in [0.25, 0.3) is 0 Å². The van der Waals surface area contributed by atoms with Crippen molar-refractivity contribution in [3.8, 4) is 0 Å². The van der Waals surface area contributed by atoms with Gasteiger partial charge in [0.05, 0.1) is 19.8 Å². The van der Waals surface area contributed by atoms with Crippen LogP contribution in [0.15, 0.2) is 22.9 Å². The maximum Gasteiger partial charge on any atom is 0.193 e. The van der Waals surface area contributed by atoms with Crippen LogP contribution in [-0.4, -0.2) is 33.2 Å². The van der Waals surface area contributed by atoms with Crippen LogP contribution in [-0.2, 0) is 4.43 Å². The first-order valence-electron chi connectivity index (χ1n) is 11.6. The average molecular weight is 425 g/mol. The molecule has 0 heterocycles. The third-order valence-corrected chi connectivity index (χ3v) is 14.4. The summed E-state index contributed by atoms with van der Waals surface area (Å²) in [4.78, 5) is 0. The molecular weight excluding hydrogens is 376 g/mol. The monoisotopic (exact) mass is 424 g/mol. The van der Waals surface area contributed by atoms with Crippen molar-refractivity contribution in [3.63, 3.8) is 0 Å². The molecule has 0 aliphatic heterocycles. The van der Waals surface area contributed by atoms with Gasteiger partial charge in [-0.1, -0.05) is 70.6 Å². The van der Waals surface area contributed by atoms with Crippen molar-refractivity contribution in [2.45, 2.75) is 123 Å². The maximum absolute atomic E-state index is 11.4. The Balaban J connectivity index is 3.30. The van der Waals surface area contributed by atoms with E-state index in [4.69, 9.17) is 4.43 Å². The van der Waals surface area contributed by atoms with Gasteiger partial charge in [0.1, 0.15) is 0 Å². The molecule has 4 heteroatoms. The lowest BCUT2D eigenvalue weighted by Crippen LogP contribution is -2.54. The standard InChI is InChI=1S/C24H48O2Si2/c1-11-28(12-2,13-3)26-24(20(6)7)17-15-14-16-21(24)18-22(25)23(19(4)5)27(8,9)10/h21-22,25H,6,11-18H2,1-5,7-10H3/t21-,22?,24+/m1/s1.